The lowest BCUT2D eigenvalue weighted by Crippen LogP contribution is -1.93. The molecule has 0 saturated carbocycles. The summed E-state index contributed by atoms with van der Waals surface area (Å²) in [6.07, 6.45) is 7.13. The van der Waals surface area contributed by atoms with E-state index in [-0.39, 0.29) is 0 Å². The first-order valence-electron chi connectivity index (χ1n) is 5.52. The Balaban J connectivity index is 2.16. The SMILES string of the molecule is C#Cc1cccc(-c2ncc3ccccc3n2)n1. The van der Waals surface area contributed by atoms with Crippen molar-refractivity contribution in [2.45, 2.75) is 0 Å². The molecule has 0 N–H and O–H groups in total. The number of aromatic nitrogens is 3. The predicted molar refractivity (Wildman–Crippen MR) is 70.7 cm³/mol. The molecular weight excluding hydrogens is 222 g/mol. The average Bonchev–Trinajstić information content (AvgIpc) is 2.47. The second-order valence-electron chi connectivity index (χ2n) is 3.80. The van der Waals surface area contributed by atoms with Gasteiger partial charge in [-0.3, -0.25) is 0 Å². The van der Waals surface area contributed by atoms with Gasteiger partial charge in [0.1, 0.15) is 11.4 Å². The van der Waals surface area contributed by atoms with E-state index in [1.807, 2.05) is 36.4 Å². The Bertz CT molecular complexity index is 757. The van der Waals surface area contributed by atoms with Crippen molar-refractivity contribution < 1.29 is 0 Å². The van der Waals surface area contributed by atoms with Crippen LogP contribution in [0.25, 0.3) is 22.4 Å². The summed E-state index contributed by atoms with van der Waals surface area (Å²) in [7, 11) is 0. The molecule has 0 fully saturated rings. The first-order chi connectivity index (χ1) is 8.86. The normalized spacial score (nSPS) is 10.2. The van der Waals surface area contributed by atoms with E-state index in [0.29, 0.717) is 17.2 Å². The highest BCUT2D eigenvalue weighted by molar-refractivity contribution is 5.79. The summed E-state index contributed by atoms with van der Waals surface area (Å²) in [5, 5.41) is 1.01. The van der Waals surface area contributed by atoms with E-state index >= 15 is 0 Å². The molecule has 3 rings (SSSR count). The fraction of sp³-hybridized carbons (Fsp3) is 0. The second-order valence-corrected chi connectivity index (χ2v) is 3.80. The van der Waals surface area contributed by atoms with E-state index in [1.54, 1.807) is 12.3 Å². The van der Waals surface area contributed by atoms with E-state index in [2.05, 4.69) is 20.9 Å². The summed E-state index contributed by atoms with van der Waals surface area (Å²) in [4.78, 5) is 13.1. The molecule has 0 unspecified atom stereocenters. The smallest absolute Gasteiger partial charge is 0.178 e. The molecular formula is C15H9N3. The average molecular weight is 231 g/mol. The van der Waals surface area contributed by atoms with Gasteiger partial charge in [-0.25, -0.2) is 15.0 Å². The topological polar surface area (TPSA) is 38.7 Å². The summed E-state index contributed by atoms with van der Waals surface area (Å²) in [5.74, 6) is 3.10. The van der Waals surface area contributed by atoms with Gasteiger partial charge in [0.2, 0.25) is 0 Å². The van der Waals surface area contributed by atoms with Gasteiger partial charge in [-0.05, 0) is 18.2 Å². The minimum Gasteiger partial charge on any atom is -0.236 e. The van der Waals surface area contributed by atoms with Gasteiger partial charge in [0.25, 0.3) is 0 Å². The van der Waals surface area contributed by atoms with Crippen LogP contribution in [-0.4, -0.2) is 15.0 Å². The van der Waals surface area contributed by atoms with Crippen molar-refractivity contribution in [3.8, 4) is 23.9 Å². The van der Waals surface area contributed by atoms with Crippen molar-refractivity contribution in [1.82, 2.24) is 15.0 Å². The standard InChI is InChI=1S/C15H9N3/c1-2-12-7-5-9-14(17-12)15-16-10-11-6-3-4-8-13(11)18-15/h1,3-10H. The summed E-state index contributed by atoms with van der Waals surface area (Å²) in [6.45, 7) is 0. The highest BCUT2D eigenvalue weighted by atomic mass is 14.9. The summed E-state index contributed by atoms with van der Waals surface area (Å²) < 4.78 is 0. The second kappa shape index (κ2) is 4.27. The highest BCUT2D eigenvalue weighted by Gasteiger charge is 2.04. The van der Waals surface area contributed by atoms with Crippen LogP contribution < -0.4 is 0 Å². The zero-order valence-corrected chi connectivity index (χ0v) is 9.54. The van der Waals surface area contributed by atoms with Crippen molar-refractivity contribution in [2.24, 2.45) is 0 Å². The van der Waals surface area contributed by atoms with Crippen LogP contribution in [0, 0.1) is 12.3 Å². The van der Waals surface area contributed by atoms with Crippen LogP contribution in [0.15, 0.2) is 48.7 Å². The third-order valence-corrected chi connectivity index (χ3v) is 2.62. The van der Waals surface area contributed by atoms with E-state index in [0.717, 1.165) is 10.9 Å². The predicted octanol–water partition coefficient (Wildman–Crippen LogP) is 2.67. The number of rotatable bonds is 1. The summed E-state index contributed by atoms with van der Waals surface area (Å²) >= 11 is 0. The lowest BCUT2D eigenvalue weighted by molar-refractivity contribution is 1.17. The number of hydrogen-bond acceptors (Lipinski definition) is 3. The maximum atomic E-state index is 5.33. The van der Waals surface area contributed by atoms with Crippen molar-refractivity contribution in [3.63, 3.8) is 0 Å². The third kappa shape index (κ3) is 1.80. The molecule has 2 aromatic heterocycles. The molecule has 0 saturated heterocycles. The molecule has 18 heavy (non-hydrogen) atoms. The molecule has 0 bridgehead atoms. The van der Waals surface area contributed by atoms with Gasteiger partial charge in [-0.2, -0.15) is 0 Å². The van der Waals surface area contributed by atoms with Crippen molar-refractivity contribution >= 4 is 10.9 Å². The first-order valence-corrected chi connectivity index (χ1v) is 5.52. The Labute approximate surface area is 105 Å². The maximum Gasteiger partial charge on any atom is 0.178 e. The van der Waals surface area contributed by atoms with Gasteiger partial charge >= 0.3 is 0 Å². The molecule has 0 aliphatic rings. The monoisotopic (exact) mass is 231 g/mol. The Morgan fingerprint density at radius 3 is 2.72 bits per heavy atom. The van der Waals surface area contributed by atoms with E-state index in [4.69, 9.17) is 6.42 Å². The Hall–Kier alpha value is -2.73. The number of nitrogens with zero attached hydrogens (tertiary/aromatic N) is 3. The van der Waals surface area contributed by atoms with Crippen molar-refractivity contribution in [1.29, 1.82) is 0 Å². The molecule has 1 aromatic carbocycles. The maximum absolute atomic E-state index is 5.33. The molecule has 0 amide bonds. The zero-order valence-electron chi connectivity index (χ0n) is 9.54. The molecule has 3 nitrogen and oxygen atoms in total. The van der Waals surface area contributed by atoms with Crippen molar-refractivity contribution in [3.05, 3.63) is 54.4 Å². The van der Waals surface area contributed by atoms with Crippen LogP contribution in [0.1, 0.15) is 5.69 Å². The minimum atomic E-state index is 0.587. The van der Waals surface area contributed by atoms with Crippen LogP contribution >= 0.6 is 0 Å². The van der Waals surface area contributed by atoms with E-state index < -0.39 is 0 Å². The van der Waals surface area contributed by atoms with Gasteiger partial charge in [-0.15, -0.1) is 6.42 Å². The Morgan fingerprint density at radius 2 is 1.83 bits per heavy atom. The number of pyridine rings is 1. The van der Waals surface area contributed by atoms with Crippen LogP contribution in [0.4, 0.5) is 0 Å². The molecule has 0 radical (unpaired) electrons. The van der Waals surface area contributed by atoms with Crippen LogP contribution in [0.2, 0.25) is 0 Å². The molecule has 3 aromatic rings. The molecule has 0 atom stereocenters. The third-order valence-electron chi connectivity index (χ3n) is 2.62. The Kier molecular flexibility index (Phi) is 2.47. The van der Waals surface area contributed by atoms with Gasteiger partial charge in [0.05, 0.1) is 5.52 Å². The summed E-state index contributed by atoms with van der Waals surface area (Å²) in [6, 6.07) is 13.3. The van der Waals surface area contributed by atoms with Gasteiger partial charge < -0.3 is 0 Å². The molecule has 0 aliphatic carbocycles. The van der Waals surface area contributed by atoms with E-state index in [1.165, 1.54) is 0 Å². The minimum absolute atomic E-state index is 0.587. The Morgan fingerprint density at radius 1 is 0.944 bits per heavy atom. The molecule has 0 aliphatic heterocycles. The number of fused-ring (bicyclic) bond motifs is 1. The molecule has 3 heteroatoms. The van der Waals surface area contributed by atoms with Crippen LogP contribution in [0.5, 0.6) is 0 Å². The fourth-order valence-electron chi connectivity index (χ4n) is 1.74. The van der Waals surface area contributed by atoms with E-state index in [9.17, 15) is 0 Å². The van der Waals surface area contributed by atoms with Crippen LogP contribution in [-0.2, 0) is 0 Å². The largest absolute Gasteiger partial charge is 0.236 e. The number of benzene rings is 1. The van der Waals surface area contributed by atoms with Gasteiger partial charge in [-0.1, -0.05) is 30.2 Å². The molecule has 2 heterocycles. The molecule has 84 valence electrons. The summed E-state index contributed by atoms with van der Waals surface area (Å²) in [5.41, 5.74) is 2.18. The van der Waals surface area contributed by atoms with Crippen LogP contribution in [0.3, 0.4) is 0 Å². The number of para-hydroxylation sites is 1. The fourth-order valence-corrected chi connectivity index (χ4v) is 1.74. The van der Waals surface area contributed by atoms with Gasteiger partial charge in [0.15, 0.2) is 5.82 Å². The van der Waals surface area contributed by atoms with Gasteiger partial charge in [0, 0.05) is 11.6 Å². The lowest BCUT2D eigenvalue weighted by atomic mass is 10.2. The highest BCUT2D eigenvalue weighted by Crippen LogP contribution is 2.16. The molecule has 0 spiro atoms. The number of hydrogen-bond donors (Lipinski definition) is 0. The van der Waals surface area contributed by atoms with Crippen molar-refractivity contribution in [2.75, 3.05) is 0 Å². The lowest BCUT2D eigenvalue weighted by Gasteiger charge is -2.01. The number of terminal acetylenes is 1. The zero-order chi connectivity index (χ0) is 12.4. The first kappa shape index (κ1) is 10.4. The quantitative estimate of drug-likeness (QED) is 0.604.